The smallest absolute Gasteiger partial charge is 0.164 e. The minimum atomic E-state index is 0.576. The quantitative estimate of drug-likeness (QED) is 0.173. The lowest BCUT2D eigenvalue weighted by Gasteiger charge is -2.14. The van der Waals surface area contributed by atoms with Crippen LogP contribution in [0.15, 0.2) is 223 Å². The summed E-state index contributed by atoms with van der Waals surface area (Å²) in [5.74, 6) is 1.79. The van der Waals surface area contributed by atoms with E-state index in [1.807, 2.05) is 6.07 Å². The Labute approximate surface area is 378 Å². The first-order valence-electron chi connectivity index (χ1n) is 22.3. The molecule has 0 saturated heterocycles. The van der Waals surface area contributed by atoms with Gasteiger partial charge in [0.1, 0.15) is 11.2 Å². The molecule has 0 amide bonds. The molecular formula is C61H36N4O. The molecule has 0 fully saturated rings. The van der Waals surface area contributed by atoms with Crippen LogP contribution in [0.25, 0.3) is 138 Å². The van der Waals surface area contributed by atoms with Crippen LogP contribution in [0.5, 0.6) is 0 Å². The average molecular weight is 841 g/mol. The average Bonchev–Trinajstić information content (AvgIpc) is 3.92. The van der Waals surface area contributed by atoms with Gasteiger partial charge in [-0.25, -0.2) is 15.0 Å². The summed E-state index contributed by atoms with van der Waals surface area (Å²) in [4.78, 5) is 15.4. The molecule has 11 aromatic carbocycles. The van der Waals surface area contributed by atoms with Crippen molar-refractivity contribution in [1.82, 2.24) is 19.5 Å². The van der Waals surface area contributed by atoms with Gasteiger partial charge >= 0.3 is 0 Å². The zero-order valence-electron chi connectivity index (χ0n) is 35.5. The summed E-state index contributed by atoms with van der Waals surface area (Å²) in [7, 11) is 0. The number of rotatable bonds is 5. The molecule has 0 atom stereocenters. The summed E-state index contributed by atoms with van der Waals surface area (Å²) in [6, 6.07) is 77.5. The molecule has 0 N–H and O–H groups in total. The monoisotopic (exact) mass is 840 g/mol. The standard InChI is InChI=1S/C61H36N4O/c1-2-12-37(13-3-1)39-22-25-41(26-23-39)59-62-60(45-27-24-38-14-4-5-16-42(38)32-45)64-61(63-59)46-29-31-51-55(35-46)66-56-36-54(48-20-10-11-21-49(48)57(51)56)65-53-34-44-18-7-6-17-43(44)33-52(53)50-30-28-40-15-8-9-19-47(40)58(50)65/h1-36H. The first-order chi connectivity index (χ1) is 32.7. The molecule has 0 saturated carbocycles. The van der Waals surface area contributed by atoms with Crippen LogP contribution in [0.1, 0.15) is 0 Å². The Bertz CT molecular complexity index is 4280. The molecule has 14 aromatic rings. The first-order valence-corrected chi connectivity index (χ1v) is 22.3. The topological polar surface area (TPSA) is 56.7 Å². The molecule has 0 aliphatic heterocycles. The molecule has 0 aliphatic carbocycles. The van der Waals surface area contributed by atoms with Crippen molar-refractivity contribution in [3.8, 4) is 51.0 Å². The van der Waals surface area contributed by atoms with Gasteiger partial charge in [0.25, 0.3) is 0 Å². The van der Waals surface area contributed by atoms with E-state index in [2.05, 4.69) is 217 Å². The lowest BCUT2D eigenvalue weighted by molar-refractivity contribution is 0.669. The van der Waals surface area contributed by atoms with Gasteiger partial charge in [-0.2, -0.15) is 0 Å². The molecule has 5 nitrogen and oxygen atoms in total. The minimum Gasteiger partial charge on any atom is -0.456 e. The van der Waals surface area contributed by atoms with E-state index in [9.17, 15) is 0 Å². The van der Waals surface area contributed by atoms with E-state index in [-0.39, 0.29) is 0 Å². The molecule has 3 aromatic heterocycles. The fraction of sp³-hybridized carbons (Fsp3) is 0. The van der Waals surface area contributed by atoms with Crippen molar-refractivity contribution in [2.75, 3.05) is 0 Å². The second-order valence-electron chi connectivity index (χ2n) is 17.2. The SMILES string of the molecule is c1ccc(-c2ccc(-c3nc(-c4ccc5ccccc5c4)nc(-c4ccc5c(c4)oc4cc(-n6c7cc8ccccc8cc7c7ccc8ccccc8c76)c6ccccc6c45)n3)cc2)cc1. The van der Waals surface area contributed by atoms with Crippen LogP contribution in [0.3, 0.4) is 0 Å². The van der Waals surface area contributed by atoms with Gasteiger partial charge in [-0.05, 0) is 73.8 Å². The maximum atomic E-state index is 6.99. The van der Waals surface area contributed by atoms with Gasteiger partial charge in [-0.1, -0.05) is 182 Å². The Kier molecular flexibility index (Phi) is 7.91. The van der Waals surface area contributed by atoms with Crippen molar-refractivity contribution in [3.63, 3.8) is 0 Å². The number of aromatic nitrogens is 4. The van der Waals surface area contributed by atoms with Gasteiger partial charge < -0.3 is 8.98 Å². The summed E-state index contributed by atoms with van der Waals surface area (Å²) < 4.78 is 9.46. The predicted octanol–water partition coefficient (Wildman–Crippen LogP) is 16.1. The lowest BCUT2D eigenvalue weighted by atomic mass is 10.0. The highest BCUT2D eigenvalue weighted by molar-refractivity contribution is 6.24. The highest BCUT2D eigenvalue weighted by Gasteiger charge is 2.22. The molecule has 5 heteroatoms. The van der Waals surface area contributed by atoms with E-state index in [4.69, 9.17) is 19.4 Å². The maximum Gasteiger partial charge on any atom is 0.164 e. The number of benzene rings is 11. The van der Waals surface area contributed by atoms with Gasteiger partial charge in [0.15, 0.2) is 17.5 Å². The van der Waals surface area contributed by atoms with Crippen molar-refractivity contribution < 1.29 is 4.42 Å². The van der Waals surface area contributed by atoms with E-state index in [0.717, 1.165) is 77.1 Å². The maximum absolute atomic E-state index is 6.99. The Hall–Kier alpha value is -8.93. The first kappa shape index (κ1) is 36.5. The van der Waals surface area contributed by atoms with Crippen molar-refractivity contribution in [2.24, 2.45) is 0 Å². The van der Waals surface area contributed by atoms with E-state index < -0.39 is 0 Å². The highest BCUT2D eigenvalue weighted by Crippen LogP contribution is 2.44. The molecule has 0 radical (unpaired) electrons. The van der Waals surface area contributed by atoms with E-state index in [0.29, 0.717) is 17.5 Å². The largest absolute Gasteiger partial charge is 0.456 e. The Balaban J connectivity index is 0.974. The molecule has 0 bridgehead atoms. The number of fused-ring (bicyclic) bond motifs is 12. The van der Waals surface area contributed by atoms with Crippen LogP contribution in [0, 0.1) is 0 Å². The summed E-state index contributed by atoms with van der Waals surface area (Å²) in [6.07, 6.45) is 0. The van der Waals surface area contributed by atoms with Crippen molar-refractivity contribution in [3.05, 3.63) is 218 Å². The van der Waals surface area contributed by atoms with Crippen molar-refractivity contribution in [1.29, 1.82) is 0 Å². The van der Waals surface area contributed by atoms with E-state index in [1.165, 1.54) is 43.2 Å². The van der Waals surface area contributed by atoms with Crippen LogP contribution < -0.4 is 0 Å². The molecule has 14 rings (SSSR count). The zero-order chi connectivity index (χ0) is 43.3. The second-order valence-corrected chi connectivity index (χ2v) is 17.2. The van der Waals surface area contributed by atoms with Gasteiger partial charge in [0.2, 0.25) is 0 Å². The van der Waals surface area contributed by atoms with E-state index >= 15 is 0 Å². The minimum absolute atomic E-state index is 0.576. The second kappa shape index (κ2) is 14.3. The lowest BCUT2D eigenvalue weighted by Crippen LogP contribution is -2.00. The van der Waals surface area contributed by atoms with Crippen LogP contribution >= 0.6 is 0 Å². The van der Waals surface area contributed by atoms with Gasteiger partial charge in [0, 0.05) is 55.1 Å². The van der Waals surface area contributed by atoms with Crippen LogP contribution in [-0.2, 0) is 0 Å². The number of furan rings is 1. The Morgan fingerprint density at radius 2 is 0.833 bits per heavy atom. The van der Waals surface area contributed by atoms with Crippen LogP contribution in [0.2, 0.25) is 0 Å². The normalized spacial score (nSPS) is 11.9. The fourth-order valence-electron chi connectivity index (χ4n) is 10.2. The molecular weight excluding hydrogens is 805 g/mol. The Morgan fingerprint density at radius 1 is 0.303 bits per heavy atom. The summed E-state index contributed by atoms with van der Waals surface area (Å²) >= 11 is 0. The molecule has 0 aliphatic rings. The molecule has 66 heavy (non-hydrogen) atoms. The molecule has 306 valence electrons. The third kappa shape index (κ3) is 5.70. The van der Waals surface area contributed by atoms with Crippen LogP contribution in [-0.4, -0.2) is 19.5 Å². The Morgan fingerprint density at radius 3 is 1.61 bits per heavy atom. The summed E-state index contributed by atoms with van der Waals surface area (Å²) in [5.41, 5.74) is 9.98. The summed E-state index contributed by atoms with van der Waals surface area (Å²) in [5, 5.41) is 14.0. The number of hydrogen-bond acceptors (Lipinski definition) is 4. The van der Waals surface area contributed by atoms with Gasteiger partial charge in [-0.15, -0.1) is 0 Å². The zero-order valence-corrected chi connectivity index (χ0v) is 35.5. The molecule has 0 unspecified atom stereocenters. The van der Waals surface area contributed by atoms with Crippen LogP contribution in [0.4, 0.5) is 0 Å². The molecule has 3 heterocycles. The number of hydrogen-bond donors (Lipinski definition) is 0. The van der Waals surface area contributed by atoms with Crippen molar-refractivity contribution in [2.45, 2.75) is 0 Å². The molecule has 0 spiro atoms. The van der Waals surface area contributed by atoms with Gasteiger partial charge in [-0.3, -0.25) is 0 Å². The highest BCUT2D eigenvalue weighted by atomic mass is 16.3. The fourth-order valence-corrected chi connectivity index (χ4v) is 10.2. The van der Waals surface area contributed by atoms with Crippen molar-refractivity contribution >= 4 is 86.8 Å². The third-order valence-electron chi connectivity index (χ3n) is 13.4. The number of nitrogens with zero attached hydrogens (tertiary/aromatic N) is 4. The van der Waals surface area contributed by atoms with E-state index in [1.54, 1.807) is 0 Å². The van der Waals surface area contributed by atoms with Gasteiger partial charge in [0.05, 0.1) is 16.7 Å². The third-order valence-corrected chi connectivity index (χ3v) is 13.4. The summed E-state index contributed by atoms with van der Waals surface area (Å²) in [6.45, 7) is 0. The predicted molar refractivity (Wildman–Crippen MR) is 273 cm³/mol.